The molecule has 19 heavy (non-hydrogen) atoms. The van der Waals surface area contributed by atoms with Gasteiger partial charge in [0.25, 0.3) is 0 Å². The number of ketones is 1. The summed E-state index contributed by atoms with van der Waals surface area (Å²) in [6.07, 6.45) is 4.38. The molecule has 0 fully saturated rings. The SMILES string of the molecule is Cc1ccc(C=CC(=O)c2ncc(Cl)cc2O)cc1. The van der Waals surface area contributed by atoms with E-state index in [2.05, 4.69) is 4.98 Å². The number of rotatable bonds is 3. The maximum Gasteiger partial charge on any atom is 0.207 e. The first-order valence-electron chi connectivity index (χ1n) is 5.70. The summed E-state index contributed by atoms with van der Waals surface area (Å²) in [4.78, 5) is 15.7. The molecule has 0 aliphatic carbocycles. The predicted molar refractivity (Wildman–Crippen MR) is 75.5 cm³/mol. The number of carbonyl (C=O) groups excluding carboxylic acids is 1. The molecule has 0 saturated heterocycles. The number of hydrogen-bond acceptors (Lipinski definition) is 3. The largest absolute Gasteiger partial charge is 0.505 e. The van der Waals surface area contributed by atoms with Gasteiger partial charge in [0, 0.05) is 12.3 Å². The molecule has 1 aromatic carbocycles. The fourth-order valence-electron chi connectivity index (χ4n) is 1.55. The number of allylic oxidation sites excluding steroid dienone is 1. The molecule has 0 radical (unpaired) electrons. The van der Waals surface area contributed by atoms with Gasteiger partial charge in [-0.05, 0) is 18.6 Å². The number of pyridine rings is 1. The standard InChI is InChI=1S/C15H12ClNO2/c1-10-2-4-11(5-3-10)6-7-13(18)15-14(19)8-12(16)9-17-15/h2-9,19H,1H3. The van der Waals surface area contributed by atoms with Gasteiger partial charge in [-0.15, -0.1) is 0 Å². The second kappa shape index (κ2) is 5.67. The van der Waals surface area contributed by atoms with Crippen LogP contribution in [0.2, 0.25) is 5.02 Å². The molecule has 2 aromatic rings. The highest BCUT2D eigenvalue weighted by atomic mass is 35.5. The Labute approximate surface area is 116 Å². The van der Waals surface area contributed by atoms with Crippen LogP contribution in [0.4, 0.5) is 0 Å². The Morgan fingerprint density at radius 2 is 2.00 bits per heavy atom. The molecule has 0 atom stereocenters. The van der Waals surface area contributed by atoms with E-state index < -0.39 is 0 Å². The highest BCUT2D eigenvalue weighted by Crippen LogP contribution is 2.20. The van der Waals surface area contributed by atoms with Crippen molar-refractivity contribution in [3.8, 4) is 5.75 Å². The van der Waals surface area contributed by atoms with E-state index in [1.165, 1.54) is 18.3 Å². The molecule has 1 aromatic heterocycles. The van der Waals surface area contributed by atoms with Crippen molar-refractivity contribution in [1.82, 2.24) is 4.98 Å². The zero-order chi connectivity index (χ0) is 13.8. The van der Waals surface area contributed by atoms with Gasteiger partial charge in [-0.1, -0.05) is 47.5 Å². The predicted octanol–water partition coefficient (Wildman–Crippen LogP) is 3.65. The van der Waals surface area contributed by atoms with Crippen molar-refractivity contribution < 1.29 is 9.90 Å². The van der Waals surface area contributed by atoms with Crippen LogP contribution >= 0.6 is 11.6 Å². The molecular formula is C15H12ClNO2. The van der Waals surface area contributed by atoms with Crippen molar-refractivity contribution >= 4 is 23.5 Å². The molecule has 0 bridgehead atoms. The minimum atomic E-state index is -0.366. The Morgan fingerprint density at radius 3 is 2.63 bits per heavy atom. The van der Waals surface area contributed by atoms with Crippen molar-refractivity contribution in [3.05, 3.63) is 64.4 Å². The van der Waals surface area contributed by atoms with E-state index in [4.69, 9.17) is 11.6 Å². The zero-order valence-corrected chi connectivity index (χ0v) is 11.1. The molecule has 2 rings (SSSR count). The first-order chi connectivity index (χ1) is 9.06. The van der Waals surface area contributed by atoms with Crippen LogP contribution in [0.5, 0.6) is 5.75 Å². The lowest BCUT2D eigenvalue weighted by molar-refractivity contribution is 0.104. The summed E-state index contributed by atoms with van der Waals surface area (Å²) < 4.78 is 0. The van der Waals surface area contributed by atoms with Gasteiger partial charge in [0.05, 0.1) is 5.02 Å². The average molecular weight is 274 g/mol. The number of aryl methyl sites for hydroxylation is 1. The van der Waals surface area contributed by atoms with Crippen molar-refractivity contribution in [2.24, 2.45) is 0 Å². The Bertz CT molecular complexity index is 633. The second-order valence-corrected chi connectivity index (χ2v) is 4.57. The maximum absolute atomic E-state index is 11.9. The minimum absolute atomic E-state index is 0.00670. The summed E-state index contributed by atoms with van der Waals surface area (Å²) in [5, 5.41) is 9.88. The van der Waals surface area contributed by atoms with Gasteiger partial charge in [-0.25, -0.2) is 4.98 Å². The van der Waals surface area contributed by atoms with Crippen LogP contribution in [0, 0.1) is 6.92 Å². The van der Waals surface area contributed by atoms with E-state index in [1.807, 2.05) is 31.2 Å². The summed E-state index contributed by atoms with van der Waals surface area (Å²) in [7, 11) is 0. The van der Waals surface area contributed by atoms with E-state index in [-0.39, 0.29) is 22.2 Å². The van der Waals surface area contributed by atoms with Crippen LogP contribution in [-0.2, 0) is 0 Å². The molecule has 96 valence electrons. The van der Waals surface area contributed by atoms with Crippen molar-refractivity contribution in [1.29, 1.82) is 0 Å². The molecule has 0 unspecified atom stereocenters. The molecular weight excluding hydrogens is 262 g/mol. The van der Waals surface area contributed by atoms with Gasteiger partial charge in [0.15, 0.2) is 5.69 Å². The highest BCUT2D eigenvalue weighted by molar-refractivity contribution is 6.30. The smallest absolute Gasteiger partial charge is 0.207 e. The molecule has 0 saturated carbocycles. The molecule has 0 spiro atoms. The highest BCUT2D eigenvalue weighted by Gasteiger charge is 2.10. The van der Waals surface area contributed by atoms with Crippen LogP contribution in [0.1, 0.15) is 21.6 Å². The van der Waals surface area contributed by atoms with Gasteiger partial charge in [0.1, 0.15) is 5.75 Å². The number of aromatic nitrogens is 1. The molecule has 0 aliphatic rings. The Hall–Kier alpha value is -2.13. The molecule has 0 aliphatic heterocycles. The Balaban J connectivity index is 2.18. The van der Waals surface area contributed by atoms with Crippen LogP contribution in [0.25, 0.3) is 6.08 Å². The third-order valence-electron chi connectivity index (χ3n) is 2.57. The van der Waals surface area contributed by atoms with Gasteiger partial charge in [-0.3, -0.25) is 4.79 Å². The summed E-state index contributed by atoms with van der Waals surface area (Å²) in [6, 6.07) is 9.04. The zero-order valence-electron chi connectivity index (χ0n) is 10.3. The van der Waals surface area contributed by atoms with E-state index >= 15 is 0 Å². The summed E-state index contributed by atoms with van der Waals surface area (Å²) in [5.41, 5.74) is 2.06. The normalized spacial score (nSPS) is 10.8. The summed E-state index contributed by atoms with van der Waals surface area (Å²) in [6.45, 7) is 1.99. The third kappa shape index (κ3) is 3.42. The van der Waals surface area contributed by atoms with E-state index in [0.29, 0.717) is 0 Å². The second-order valence-electron chi connectivity index (χ2n) is 4.13. The van der Waals surface area contributed by atoms with Crippen molar-refractivity contribution in [2.45, 2.75) is 6.92 Å². The maximum atomic E-state index is 11.9. The number of benzene rings is 1. The van der Waals surface area contributed by atoms with E-state index in [9.17, 15) is 9.90 Å². The summed E-state index contributed by atoms with van der Waals surface area (Å²) in [5.74, 6) is -0.583. The van der Waals surface area contributed by atoms with Crippen molar-refractivity contribution in [3.63, 3.8) is 0 Å². The lowest BCUT2D eigenvalue weighted by atomic mass is 10.1. The van der Waals surface area contributed by atoms with E-state index in [0.717, 1.165) is 11.1 Å². The Morgan fingerprint density at radius 1 is 1.32 bits per heavy atom. The molecule has 0 amide bonds. The van der Waals surface area contributed by atoms with Crippen molar-refractivity contribution in [2.75, 3.05) is 0 Å². The van der Waals surface area contributed by atoms with Crippen LogP contribution < -0.4 is 0 Å². The molecule has 4 heteroatoms. The van der Waals surface area contributed by atoms with Crippen LogP contribution in [0.15, 0.2) is 42.6 Å². The van der Waals surface area contributed by atoms with Crippen LogP contribution in [-0.4, -0.2) is 15.9 Å². The lowest BCUT2D eigenvalue weighted by Gasteiger charge is -1.99. The van der Waals surface area contributed by atoms with Gasteiger partial charge >= 0.3 is 0 Å². The fraction of sp³-hybridized carbons (Fsp3) is 0.0667. The topological polar surface area (TPSA) is 50.2 Å². The van der Waals surface area contributed by atoms with E-state index in [1.54, 1.807) is 6.08 Å². The van der Waals surface area contributed by atoms with Crippen LogP contribution in [0.3, 0.4) is 0 Å². The molecule has 1 heterocycles. The molecule has 1 N–H and O–H groups in total. The molecule has 3 nitrogen and oxygen atoms in total. The Kier molecular flexibility index (Phi) is 3.97. The lowest BCUT2D eigenvalue weighted by Crippen LogP contribution is -1.98. The van der Waals surface area contributed by atoms with Gasteiger partial charge < -0.3 is 5.11 Å². The number of halogens is 1. The third-order valence-corrected chi connectivity index (χ3v) is 2.78. The van der Waals surface area contributed by atoms with Gasteiger partial charge in [-0.2, -0.15) is 0 Å². The number of hydrogen-bond donors (Lipinski definition) is 1. The summed E-state index contributed by atoms with van der Waals surface area (Å²) >= 11 is 5.66. The number of carbonyl (C=O) groups is 1. The quantitative estimate of drug-likeness (QED) is 0.686. The monoisotopic (exact) mass is 273 g/mol. The average Bonchev–Trinajstić information content (AvgIpc) is 2.37. The first kappa shape index (κ1) is 13.3. The number of nitrogens with zero attached hydrogens (tertiary/aromatic N) is 1. The van der Waals surface area contributed by atoms with Gasteiger partial charge in [0.2, 0.25) is 5.78 Å². The fourth-order valence-corrected chi connectivity index (χ4v) is 1.70. The number of aromatic hydroxyl groups is 1. The minimum Gasteiger partial charge on any atom is -0.505 e. The first-order valence-corrected chi connectivity index (χ1v) is 6.07.